The van der Waals surface area contributed by atoms with Crippen molar-refractivity contribution in [3.8, 4) is 27.7 Å². The number of fused-ring (bicyclic) bond motifs is 2. The van der Waals surface area contributed by atoms with Crippen LogP contribution in [0.15, 0.2) is 41.9 Å². The maximum absolute atomic E-state index is 14.4. The number of hydrogen-bond acceptors (Lipinski definition) is 10. The predicted octanol–water partition coefficient (Wildman–Crippen LogP) is 5.25. The molecule has 51 heavy (non-hydrogen) atoms. The van der Waals surface area contributed by atoms with Crippen LogP contribution in [-0.4, -0.2) is 90.7 Å². The fraction of sp³-hybridized carbons (Fsp3) is 0.514. The van der Waals surface area contributed by atoms with Gasteiger partial charge in [-0.25, -0.2) is 14.6 Å². The molecule has 14 nitrogen and oxygen atoms in total. The molecule has 0 unspecified atom stereocenters. The third kappa shape index (κ3) is 7.88. The van der Waals surface area contributed by atoms with E-state index in [9.17, 15) is 24.3 Å². The van der Waals surface area contributed by atoms with Crippen LogP contribution in [-0.2, 0) is 19.1 Å². The Hall–Kier alpha value is -4.50. The monoisotopic (exact) mass is 739 g/mol. The van der Waals surface area contributed by atoms with Gasteiger partial charge in [0.1, 0.15) is 45.4 Å². The molecule has 272 valence electrons. The van der Waals surface area contributed by atoms with Gasteiger partial charge in [0.15, 0.2) is 0 Å². The highest BCUT2D eigenvalue weighted by Crippen LogP contribution is 2.46. The SMILES string of the molecule is COc1ccc(-c2nn([C@H]3C[C@H]4C(=O)N[C@@]5(C(=O)O)C[C@H]5/C=C\CCCCC[C@H](NC(=O)OC(C)(C)C)C(=O)N4C3)nc2-c2nccs2)cc1Cl. The van der Waals surface area contributed by atoms with Gasteiger partial charge in [-0.2, -0.15) is 9.90 Å². The number of aromatic nitrogens is 4. The second kappa shape index (κ2) is 14.6. The smallest absolute Gasteiger partial charge is 0.408 e. The largest absolute Gasteiger partial charge is 0.495 e. The van der Waals surface area contributed by atoms with E-state index in [4.69, 9.17) is 31.3 Å². The molecule has 2 aliphatic heterocycles. The van der Waals surface area contributed by atoms with E-state index in [1.807, 2.05) is 23.6 Å². The molecule has 0 bridgehead atoms. The molecule has 6 rings (SSSR count). The van der Waals surface area contributed by atoms with Crippen LogP contribution in [0.1, 0.15) is 71.8 Å². The first kappa shape index (κ1) is 36.3. The quantitative estimate of drug-likeness (QED) is 0.283. The van der Waals surface area contributed by atoms with Crippen molar-refractivity contribution in [3.63, 3.8) is 0 Å². The number of methoxy groups -OCH3 is 1. The Labute approximate surface area is 304 Å². The molecule has 0 spiro atoms. The first-order valence-corrected chi connectivity index (χ1v) is 18.3. The average molecular weight is 740 g/mol. The number of amides is 3. The number of carbonyl (C=O) groups excluding carboxylic acids is 3. The summed E-state index contributed by atoms with van der Waals surface area (Å²) in [5.74, 6) is -2.06. The number of nitrogens with zero attached hydrogens (tertiary/aromatic N) is 5. The van der Waals surface area contributed by atoms with Crippen LogP contribution >= 0.6 is 22.9 Å². The number of aliphatic carboxylic acids is 1. The van der Waals surface area contributed by atoms with E-state index in [0.29, 0.717) is 45.6 Å². The summed E-state index contributed by atoms with van der Waals surface area (Å²) in [4.78, 5) is 61.4. The highest BCUT2D eigenvalue weighted by atomic mass is 35.5. The molecule has 2 fully saturated rings. The van der Waals surface area contributed by atoms with Crippen molar-refractivity contribution in [2.75, 3.05) is 13.7 Å². The van der Waals surface area contributed by atoms with Crippen molar-refractivity contribution >= 4 is 46.8 Å². The van der Waals surface area contributed by atoms with E-state index in [1.54, 1.807) is 39.1 Å². The Morgan fingerprint density at radius 3 is 2.63 bits per heavy atom. The Balaban J connectivity index is 1.37. The molecule has 0 radical (unpaired) electrons. The van der Waals surface area contributed by atoms with Crippen LogP contribution in [0.3, 0.4) is 0 Å². The van der Waals surface area contributed by atoms with Gasteiger partial charge in [-0.1, -0.05) is 36.6 Å². The van der Waals surface area contributed by atoms with Crippen molar-refractivity contribution in [2.45, 2.75) is 95.0 Å². The number of halogens is 1. The summed E-state index contributed by atoms with van der Waals surface area (Å²) in [5.41, 5.74) is -0.599. The lowest BCUT2D eigenvalue weighted by molar-refractivity contribution is -0.145. The number of allylic oxidation sites excluding steroid dienone is 1. The zero-order chi connectivity index (χ0) is 36.5. The van der Waals surface area contributed by atoms with Crippen molar-refractivity contribution in [1.82, 2.24) is 35.5 Å². The lowest BCUT2D eigenvalue weighted by Gasteiger charge is -2.30. The fourth-order valence-electron chi connectivity index (χ4n) is 6.67. The van der Waals surface area contributed by atoms with Gasteiger partial charge in [-0.05, 0) is 64.7 Å². The number of ether oxygens (including phenoxy) is 2. The van der Waals surface area contributed by atoms with Crippen LogP contribution in [0, 0.1) is 5.92 Å². The highest BCUT2D eigenvalue weighted by Gasteiger charge is 2.61. The van der Waals surface area contributed by atoms with Crippen molar-refractivity contribution in [1.29, 1.82) is 0 Å². The second-order valence-electron chi connectivity index (χ2n) is 14.1. The number of benzene rings is 1. The zero-order valence-electron chi connectivity index (χ0n) is 28.9. The van der Waals surface area contributed by atoms with E-state index in [1.165, 1.54) is 28.1 Å². The molecule has 16 heteroatoms. The number of nitrogens with one attached hydrogen (secondary N) is 2. The van der Waals surface area contributed by atoms with Crippen molar-refractivity contribution < 1.29 is 33.8 Å². The Bertz CT molecular complexity index is 1820. The summed E-state index contributed by atoms with van der Waals surface area (Å²) in [6, 6.07) is 2.64. The fourth-order valence-corrected chi connectivity index (χ4v) is 7.55. The Morgan fingerprint density at radius 1 is 1.16 bits per heavy atom. The number of hydrogen-bond donors (Lipinski definition) is 3. The van der Waals surface area contributed by atoms with Crippen molar-refractivity contribution in [3.05, 3.63) is 47.0 Å². The molecule has 1 aromatic carbocycles. The van der Waals surface area contributed by atoms with Gasteiger partial charge in [-0.15, -0.1) is 16.4 Å². The zero-order valence-corrected chi connectivity index (χ0v) is 30.5. The number of rotatable bonds is 6. The second-order valence-corrected chi connectivity index (χ2v) is 15.4. The van der Waals surface area contributed by atoms with Gasteiger partial charge in [0.25, 0.3) is 0 Å². The van der Waals surface area contributed by atoms with Crippen LogP contribution < -0.4 is 15.4 Å². The third-order valence-electron chi connectivity index (χ3n) is 9.34. The maximum atomic E-state index is 14.4. The van der Waals surface area contributed by atoms with Crippen LogP contribution in [0.2, 0.25) is 5.02 Å². The lowest BCUT2D eigenvalue weighted by Crippen LogP contribution is -2.56. The summed E-state index contributed by atoms with van der Waals surface area (Å²) >= 11 is 7.87. The highest BCUT2D eigenvalue weighted by molar-refractivity contribution is 7.13. The molecule has 4 heterocycles. The molecule has 3 amide bonds. The van der Waals surface area contributed by atoms with Gasteiger partial charge >= 0.3 is 12.1 Å². The first-order chi connectivity index (χ1) is 24.3. The average Bonchev–Trinajstić information content (AvgIpc) is 3.52. The maximum Gasteiger partial charge on any atom is 0.408 e. The molecule has 1 saturated heterocycles. The molecule has 3 aliphatic rings. The van der Waals surface area contributed by atoms with E-state index < -0.39 is 53.1 Å². The third-order valence-corrected chi connectivity index (χ3v) is 10.4. The first-order valence-electron chi connectivity index (χ1n) is 17.0. The number of thiazole rings is 1. The molecule has 1 saturated carbocycles. The summed E-state index contributed by atoms with van der Waals surface area (Å²) in [6.07, 6.45) is 8.41. The van der Waals surface area contributed by atoms with E-state index >= 15 is 0 Å². The number of carbonyl (C=O) groups is 4. The minimum absolute atomic E-state index is 0.0294. The summed E-state index contributed by atoms with van der Waals surface area (Å²) in [7, 11) is 1.53. The van der Waals surface area contributed by atoms with Crippen molar-refractivity contribution in [2.24, 2.45) is 5.92 Å². The van der Waals surface area contributed by atoms with Crippen LogP contribution in [0.4, 0.5) is 4.79 Å². The Morgan fingerprint density at radius 2 is 1.94 bits per heavy atom. The molecule has 3 N–H and O–H groups in total. The summed E-state index contributed by atoms with van der Waals surface area (Å²) in [5, 5.41) is 28.3. The van der Waals surface area contributed by atoms with Gasteiger partial charge in [-0.3, -0.25) is 9.59 Å². The van der Waals surface area contributed by atoms with Gasteiger partial charge < -0.3 is 30.1 Å². The van der Waals surface area contributed by atoms with Gasteiger partial charge in [0.05, 0.1) is 18.2 Å². The number of carboxylic acid groups (broad SMARTS) is 1. The van der Waals surface area contributed by atoms with E-state index in [-0.39, 0.29) is 25.3 Å². The summed E-state index contributed by atoms with van der Waals surface area (Å²) < 4.78 is 10.8. The van der Waals surface area contributed by atoms with E-state index in [0.717, 1.165) is 19.3 Å². The minimum atomic E-state index is -1.46. The molecule has 2 aromatic heterocycles. The van der Waals surface area contributed by atoms with Crippen LogP contribution in [0.5, 0.6) is 5.75 Å². The number of carboxylic acids is 1. The lowest BCUT2D eigenvalue weighted by atomic mass is 10.0. The van der Waals surface area contributed by atoms with E-state index in [2.05, 4.69) is 15.6 Å². The molecule has 1 aliphatic carbocycles. The Kier molecular flexibility index (Phi) is 10.4. The van der Waals surface area contributed by atoms with Crippen LogP contribution in [0.25, 0.3) is 22.0 Å². The molecular weight excluding hydrogens is 698 g/mol. The standard InChI is InChI=1S/C35H42ClN7O7S/c1-34(2,3)50-33(48)38-24-11-9-7-5-6-8-10-21-18-35(21,32(46)47)39-29(44)25-17-22(19-42(25)31(24)45)43-40-27(28(41-43)30-37-14-15-51-30)20-12-13-26(49-4)23(36)16-20/h8,10,12-16,21-22,24-25H,5-7,9,11,17-19H2,1-4H3,(H,38,48)(H,39,44)(H,46,47)/b10-8-/t21-,22+,24+,25+,35+/m1/s1. The molecule has 5 atom stereocenters. The topological polar surface area (TPSA) is 178 Å². The summed E-state index contributed by atoms with van der Waals surface area (Å²) in [6.45, 7) is 5.23. The predicted molar refractivity (Wildman–Crippen MR) is 189 cm³/mol. The van der Waals surface area contributed by atoms with Gasteiger partial charge in [0, 0.05) is 36.0 Å². The minimum Gasteiger partial charge on any atom is -0.495 e. The van der Waals surface area contributed by atoms with Gasteiger partial charge in [0.2, 0.25) is 11.8 Å². The molecular formula is C35H42ClN7O7S. The molecule has 3 aromatic rings. The number of alkyl carbamates (subject to hydrolysis) is 1. The normalized spacial score (nSPS) is 26.2.